The van der Waals surface area contributed by atoms with E-state index in [1.165, 1.54) is 50.2 Å². The van der Waals surface area contributed by atoms with Gasteiger partial charge in [0.05, 0.1) is 5.69 Å². The molecule has 146 valence electrons. The first-order chi connectivity index (χ1) is 13.2. The van der Waals surface area contributed by atoms with Crippen molar-refractivity contribution in [2.24, 2.45) is 0 Å². The molecular weight excluding hydrogens is 388 g/mol. The van der Waals surface area contributed by atoms with Gasteiger partial charge in [0.2, 0.25) is 17.6 Å². The molecule has 0 bridgehead atoms. The summed E-state index contributed by atoms with van der Waals surface area (Å²) in [6, 6.07) is 8.14. The van der Waals surface area contributed by atoms with Crippen LogP contribution >= 0.6 is 11.6 Å². The third-order valence-corrected chi connectivity index (χ3v) is 3.70. The molecule has 2 aromatic rings. The molecule has 0 radical (unpaired) electrons. The van der Waals surface area contributed by atoms with E-state index >= 15 is 0 Å². The summed E-state index contributed by atoms with van der Waals surface area (Å²) in [5.74, 6) is -2.59. The second-order valence-corrected chi connectivity index (χ2v) is 6.22. The van der Waals surface area contributed by atoms with E-state index in [-0.39, 0.29) is 33.5 Å². The Hall–Kier alpha value is -3.39. The van der Waals surface area contributed by atoms with Gasteiger partial charge < -0.3 is 20.5 Å². The van der Waals surface area contributed by atoms with Gasteiger partial charge in [-0.2, -0.15) is 0 Å². The van der Waals surface area contributed by atoms with Crippen LogP contribution in [0.15, 0.2) is 36.4 Å². The monoisotopic (exact) mass is 404 g/mol. The number of amides is 2. The lowest BCUT2D eigenvalue weighted by atomic mass is 10.1. The molecular formula is C19H17ClN2O6. The number of esters is 1. The number of anilines is 2. The normalized spacial score (nSPS) is 10.1. The van der Waals surface area contributed by atoms with Gasteiger partial charge in [-0.1, -0.05) is 11.6 Å². The van der Waals surface area contributed by atoms with Crippen molar-refractivity contribution in [1.82, 2.24) is 0 Å². The number of hydrogen-bond acceptors (Lipinski definition) is 6. The molecule has 0 saturated heterocycles. The van der Waals surface area contributed by atoms with Crippen LogP contribution < -0.4 is 10.6 Å². The number of phenols is 1. The van der Waals surface area contributed by atoms with Crippen molar-refractivity contribution in [3.05, 3.63) is 52.5 Å². The quantitative estimate of drug-likeness (QED) is 0.502. The number of nitrogens with one attached hydrogen (secondary N) is 2. The number of carbonyl (C=O) groups excluding carboxylic acids is 4. The van der Waals surface area contributed by atoms with E-state index in [0.717, 1.165) is 0 Å². The van der Waals surface area contributed by atoms with Gasteiger partial charge in [-0.25, -0.2) is 4.79 Å². The van der Waals surface area contributed by atoms with E-state index in [1.54, 1.807) is 0 Å². The van der Waals surface area contributed by atoms with Crippen LogP contribution in [-0.4, -0.2) is 35.3 Å². The molecule has 2 aromatic carbocycles. The molecule has 0 saturated carbocycles. The average molecular weight is 405 g/mol. The highest BCUT2D eigenvalue weighted by molar-refractivity contribution is 6.30. The maximum atomic E-state index is 12.5. The van der Waals surface area contributed by atoms with Crippen LogP contribution in [0.3, 0.4) is 0 Å². The van der Waals surface area contributed by atoms with E-state index < -0.39 is 24.3 Å². The van der Waals surface area contributed by atoms with E-state index in [1.807, 2.05) is 0 Å². The Bertz CT molecular complexity index is 957. The minimum absolute atomic E-state index is 0.0948. The molecule has 8 nitrogen and oxygen atoms in total. The van der Waals surface area contributed by atoms with Crippen molar-refractivity contribution in [2.75, 3.05) is 17.2 Å². The zero-order valence-corrected chi connectivity index (χ0v) is 15.8. The van der Waals surface area contributed by atoms with E-state index in [2.05, 4.69) is 10.6 Å². The van der Waals surface area contributed by atoms with E-state index in [9.17, 15) is 24.3 Å². The van der Waals surface area contributed by atoms with Crippen LogP contribution in [0.4, 0.5) is 11.4 Å². The fraction of sp³-hybridized carbons (Fsp3) is 0.158. The van der Waals surface area contributed by atoms with Gasteiger partial charge in [-0.15, -0.1) is 0 Å². The number of ketones is 1. The highest BCUT2D eigenvalue weighted by atomic mass is 35.5. The fourth-order valence-corrected chi connectivity index (χ4v) is 2.49. The second kappa shape index (κ2) is 9.01. The van der Waals surface area contributed by atoms with E-state index in [0.29, 0.717) is 5.69 Å². The summed E-state index contributed by atoms with van der Waals surface area (Å²) >= 11 is 5.71. The molecule has 0 aliphatic heterocycles. The predicted molar refractivity (Wildman–Crippen MR) is 103 cm³/mol. The molecule has 0 spiro atoms. The van der Waals surface area contributed by atoms with Crippen molar-refractivity contribution in [3.8, 4) is 5.75 Å². The number of hydrogen-bond donors (Lipinski definition) is 3. The summed E-state index contributed by atoms with van der Waals surface area (Å²) in [6.45, 7) is 1.97. The molecule has 3 N–H and O–H groups in total. The molecule has 0 fully saturated rings. The van der Waals surface area contributed by atoms with Gasteiger partial charge in [0.15, 0.2) is 6.61 Å². The average Bonchev–Trinajstić information content (AvgIpc) is 2.58. The number of phenolic OH excluding ortho intramolecular Hbond substituents is 1. The maximum Gasteiger partial charge on any atom is 0.342 e. The first-order valence-corrected chi connectivity index (χ1v) is 8.43. The van der Waals surface area contributed by atoms with Crippen LogP contribution in [0.2, 0.25) is 5.02 Å². The summed E-state index contributed by atoms with van der Waals surface area (Å²) in [5, 5.41) is 15.0. The number of Topliss-reactive ketones (excluding diaryl/α,β-unsaturated/α-hetero) is 1. The summed E-state index contributed by atoms with van der Waals surface area (Å²) in [4.78, 5) is 47.1. The molecule has 2 rings (SSSR count). The zero-order valence-electron chi connectivity index (χ0n) is 15.0. The molecule has 0 aliphatic carbocycles. The van der Waals surface area contributed by atoms with Crippen LogP contribution in [-0.2, 0) is 14.3 Å². The first-order valence-electron chi connectivity index (χ1n) is 8.05. The smallest absolute Gasteiger partial charge is 0.342 e. The van der Waals surface area contributed by atoms with Gasteiger partial charge in [0.1, 0.15) is 11.3 Å². The number of aromatic hydroxyl groups is 1. The highest BCUT2D eigenvalue weighted by Crippen LogP contribution is 2.24. The van der Waals surface area contributed by atoms with Gasteiger partial charge in [-0.3, -0.25) is 14.4 Å². The van der Waals surface area contributed by atoms with Gasteiger partial charge in [-0.05, 0) is 36.4 Å². The van der Waals surface area contributed by atoms with Gasteiger partial charge in [0, 0.05) is 30.1 Å². The third-order valence-electron chi connectivity index (χ3n) is 3.47. The summed E-state index contributed by atoms with van der Waals surface area (Å²) in [6.07, 6.45) is 0. The lowest BCUT2D eigenvalue weighted by Crippen LogP contribution is -2.18. The number of rotatable bonds is 6. The first kappa shape index (κ1) is 20.9. The molecule has 0 heterocycles. The Labute approximate surface area is 165 Å². The Morgan fingerprint density at radius 1 is 0.964 bits per heavy atom. The van der Waals surface area contributed by atoms with Crippen molar-refractivity contribution in [1.29, 1.82) is 0 Å². The number of halogens is 1. The minimum atomic E-state index is -0.904. The summed E-state index contributed by atoms with van der Waals surface area (Å²) < 4.78 is 4.95. The highest BCUT2D eigenvalue weighted by Gasteiger charge is 2.18. The molecule has 28 heavy (non-hydrogen) atoms. The van der Waals surface area contributed by atoms with Crippen LogP contribution in [0.5, 0.6) is 5.75 Å². The van der Waals surface area contributed by atoms with Gasteiger partial charge >= 0.3 is 5.97 Å². The Morgan fingerprint density at radius 2 is 1.61 bits per heavy atom. The maximum absolute atomic E-state index is 12.5. The number of carbonyl (C=O) groups is 4. The van der Waals surface area contributed by atoms with Gasteiger partial charge in [0.25, 0.3) is 0 Å². The molecule has 9 heteroatoms. The summed E-state index contributed by atoms with van der Waals surface area (Å²) in [5.41, 5.74) is 0.503. The SMILES string of the molecule is CC(=O)Nc1ccc(C(=O)COC(=O)c2ccc(Cl)cc2O)c(NC(C)=O)c1. The summed E-state index contributed by atoms with van der Waals surface area (Å²) in [7, 11) is 0. The van der Waals surface area contributed by atoms with Crippen LogP contribution in [0.25, 0.3) is 0 Å². The Morgan fingerprint density at radius 3 is 2.21 bits per heavy atom. The van der Waals surface area contributed by atoms with E-state index in [4.69, 9.17) is 16.3 Å². The predicted octanol–water partition coefficient (Wildman–Crippen LogP) is 3.00. The number of benzene rings is 2. The molecule has 0 atom stereocenters. The number of ether oxygens (including phenoxy) is 1. The lowest BCUT2D eigenvalue weighted by Gasteiger charge is -2.12. The van der Waals surface area contributed by atoms with Crippen LogP contribution in [0.1, 0.15) is 34.6 Å². The standard InChI is InChI=1S/C19H17ClN2O6/c1-10(23)21-13-4-6-14(16(8-13)22-11(2)24)18(26)9-28-19(27)15-5-3-12(20)7-17(15)25/h3-8,25H,9H2,1-2H3,(H,21,23)(H,22,24). The lowest BCUT2D eigenvalue weighted by molar-refractivity contribution is -0.115. The van der Waals surface area contributed by atoms with Crippen molar-refractivity contribution >= 4 is 46.5 Å². The van der Waals surface area contributed by atoms with Crippen molar-refractivity contribution < 1.29 is 29.0 Å². The third kappa shape index (κ3) is 5.55. The topological polar surface area (TPSA) is 122 Å². The Kier molecular flexibility index (Phi) is 6.73. The molecule has 0 unspecified atom stereocenters. The molecule has 0 aliphatic rings. The van der Waals surface area contributed by atoms with Crippen molar-refractivity contribution in [2.45, 2.75) is 13.8 Å². The Balaban J connectivity index is 2.17. The van der Waals surface area contributed by atoms with Crippen molar-refractivity contribution in [3.63, 3.8) is 0 Å². The zero-order chi connectivity index (χ0) is 20.8. The van der Waals surface area contributed by atoms with Crippen LogP contribution in [0, 0.1) is 0 Å². The minimum Gasteiger partial charge on any atom is -0.507 e. The molecule has 0 aromatic heterocycles. The molecule has 2 amide bonds. The fourth-order valence-electron chi connectivity index (χ4n) is 2.33. The second-order valence-electron chi connectivity index (χ2n) is 5.78. The largest absolute Gasteiger partial charge is 0.507 e.